The second-order valence-corrected chi connectivity index (χ2v) is 4.83. The molecule has 0 saturated heterocycles. The normalized spacial score (nSPS) is 21.2. The molecule has 90 valence electrons. The fourth-order valence-electron chi connectivity index (χ4n) is 2.32. The molecule has 2 unspecified atom stereocenters. The molecule has 4 nitrogen and oxygen atoms in total. The van der Waals surface area contributed by atoms with Gasteiger partial charge in [0.05, 0.1) is 5.92 Å². The monoisotopic (exact) mass is 223 g/mol. The molecule has 1 saturated carbocycles. The van der Waals surface area contributed by atoms with E-state index in [0.29, 0.717) is 11.8 Å². The Labute approximate surface area is 96.6 Å². The lowest BCUT2D eigenvalue weighted by Crippen LogP contribution is -2.25. The predicted molar refractivity (Wildman–Crippen MR) is 62.2 cm³/mol. The quantitative estimate of drug-likeness (QED) is 0.852. The van der Waals surface area contributed by atoms with Crippen LogP contribution in [0.4, 0.5) is 0 Å². The Kier molecular flexibility index (Phi) is 3.59. The number of nitrogens with zero attached hydrogens (tertiary/aromatic N) is 2. The lowest BCUT2D eigenvalue weighted by molar-refractivity contribution is 0.335. The highest BCUT2D eigenvalue weighted by molar-refractivity contribution is 5.02. The van der Waals surface area contributed by atoms with Crippen LogP contribution < -0.4 is 5.73 Å². The molecule has 2 atom stereocenters. The highest BCUT2D eigenvalue weighted by Gasteiger charge is 2.25. The highest BCUT2D eigenvalue weighted by Crippen LogP contribution is 2.33. The standard InChI is InChI=1S/C12H21N3O/c1-3-10(13)8(2)12-14-11(15-16-12)9-6-4-5-7-9/h8-10H,3-7,13H2,1-2H3. The summed E-state index contributed by atoms with van der Waals surface area (Å²) in [6.45, 7) is 4.13. The molecule has 0 aromatic carbocycles. The molecule has 1 aliphatic rings. The maximum absolute atomic E-state index is 5.98. The Morgan fingerprint density at radius 3 is 2.75 bits per heavy atom. The van der Waals surface area contributed by atoms with E-state index in [-0.39, 0.29) is 12.0 Å². The molecule has 4 heteroatoms. The van der Waals surface area contributed by atoms with Crippen molar-refractivity contribution >= 4 is 0 Å². The minimum absolute atomic E-state index is 0.108. The molecule has 16 heavy (non-hydrogen) atoms. The van der Waals surface area contributed by atoms with Crippen molar-refractivity contribution < 1.29 is 4.52 Å². The molecule has 2 rings (SSSR count). The summed E-state index contributed by atoms with van der Waals surface area (Å²) >= 11 is 0. The fraction of sp³-hybridized carbons (Fsp3) is 0.833. The fourth-order valence-corrected chi connectivity index (χ4v) is 2.32. The van der Waals surface area contributed by atoms with Gasteiger partial charge in [0.2, 0.25) is 5.89 Å². The topological polar surface area (TPSA) is 64.9 Å². The van der Waals surface area contributed by atoms with Crippen molar-refractivity contribution in [3.05, 3.63) is 11.7 Å². The minimum Gasteiger partial charge on any atom is -0.339 e. The van der Waals surface area contributed by atoms with E-state index < -0.39 is 0 Å². The van der Waals surface area contributed by atoms with Crippen LogP contribution in [-0.4, -0.2) is 16.2 Å². The van der Waals surface area contributed by atoms with E-state index in [1.165, 1.54) is 25.7 Å². The SMILES string of the molecule is CCC(N)C(C)c1nc(C2CCCC2)no1. The van der Waals surface area contributed by atoms with E-state index in [1.807, 2.05) is 0 Å². The maximum Gasteiger partial charge on any atom is 0.231 e. The summed E-state index contributed by atoms with van der Waals surface area (Å²) in [5, 5.41) is 4.09. The zero-order valence-electron chi connectivity index (χ0n) is 10.1. The van der Waals surface area contributed by atoms with E-state index in [9.17, 15) is 0 Å². The predicted octanol–water partition coefficient (Wildman–Crippen LogP) is 2.57. The molecule has 0 radical (unpaired) electrons. The van der Waals surface area contributed by atoms with Crippen LogP contribution >= 0.6 is 0 Å². The molecule has 1 aromatic rings. The molecule has 1 fully saturated rings. The summed E-state index contributed by atoms with van der Waals surface area (Å²) in [6, 6.07) is 0.108. The Bertz CT molecular complexity index is 331. The van der Waals surface area contributed by atoms with Crippen molar-refractivity contribution in [2.75, 3.05) is 0 Å². The molecule has 0 spiro atoms. The van der Waals surface area contributed by atoms with Gasteiger partial charge in [-0.25, -0.2) is 0 Å². The number of hydrogen-bond acceptors (Lipinski definition) is 4. The summed E-state index contributed by atoms with van der Waals surface area (Å²) in [7, 11) is 0. The third kappa shape index (κ3) is 2.26. The first-order chi connectivity index (χ1) is 7.72. The van der Waals surface area contributed by atoms with E-state index in [4.69, 9.17) is 10.3 Å². The second-order valence-electron chi connectivity index (χ2n) is 4.83. The van der Waals surface area contributed by atoms with Gasteiger partial charge in [-0.3, -0.25) is 0 Å². The molecule has 1 aliphatic carbocycles. The van der Waals surface area contributed by atoms with Gasteiger partial charge < -0.3 is 10.3 Å². The zero-order valence-corrected chi connectivity index (χ0v) is 10.1. The summed E-state index contributed by atoms with van der Waals surface area (Å²) in [5.41, 5.74) is 5.98. The smallest absolute Gasteiger partial charge is 0.231 e. The first-order valence-electron chi connectivity index (χ1n) is 6.31. The minimum atomic E-state index is 0.108. The zero-order chi connectivity index (χ0) is 11.5. The summed E-state index contributed by atoms with van der Waals surface area (Å²) in [6.07, 6.45) is 5.92. The largest absolute Gasteiger partial charge is 0.339 e. The van der Waals surface area contributed by atoms with Gasteiger partial charge in [-0.1, -0.05) is 31.8 Å². The van der Waals surface area contributed by atoms with Gasteiger partial charge in [0, 0.05) is 12.0 Å². The van der Waals surface area contributed by atoms with Crippen molar-refractivity contribution in [3.63, 3.8) is 0 Å². The molecule has 0 amide bonds. The Balaban J connectivity index is 2.06. The van der Waals surface area contributed by atoms with Gasteiger partial charge in [-0.05, 0) is 19.3 Å². The number of nitrogens with two attached hydrogens (primary N) is 1. The lowest BCUT2D eigenvalue weighted by atomic mass is 10.0. The molecule has 1 aromatic heterocycles. The lowest BCUT2D eigenvalue weighted by Gasteiger charge is -2.13. The summed E-state index contributed by atoms with van der Waals surface area (Å²) in [4.78, 5) is 4.50. The highest BCUT2D eigenvalue weighted by atomic mass is 16.5. The molecule has 1 heterocycles. The summed E-state index contributed by atoms with van der Waals surface area (Å²) in [5.74, 6) is 2.27. The first kappa shape index (κ1) is 11.6. The van der Waals surface area contributed by atoms with Gasteiger partial charge in [-0.15, -0.1) is 0 Å². The number of rotatable bonds is 4. The van der Waals surface area contributed by atoms with Crippen molar-refractivity contribution in [1.82, 2.24) is 10.1 Å². The van der Waals surface area contributed by atoms with Gasteiger partial charge in [-0.2, -0.15) is 4.98 Å². The van der Waals surface area contributed by atoms with Gasteiger partial charge in [0.1, 0.15) is 0 Å². The van der Waals surface area contributed by atoms with Crippen LogP contribution in [0.2, 0.25) is 0 Å². The van der Waals surface area contributed by atoms with Gasteiger partial charge in [0.25, 0.3) is 0 Å². The Morgan fingerprint density at radius 1 is 1.44 bits per heavy atom. The third-order valence-electron chi connectivity index (χ3n) is 3.68. The van der Waals surface area contributed by atoms with Gasteiger partial charge in [0.15, 0.2) is 5.82 Å². The van der Waals surface area contributed by atoms with Crippen LogP contribution in [0, 0.1) is 0 Å². The van der Waals surface area contributed by atoms with E-state index in [1.54, 1.807) is 0 Å². The second kappa shape index (κ2) is 4.95. The van der Waals surface area contributed by atoms with Crippen molar-refractivity contribution in [3.8, 4) is 0 Å². The molecular formula is C12H21N3O. The summed E-state index contributed by atoms with van der Waals surface area (Å²) < 4.78 is 5.32. The van der Waals surface area contributed by atoms with Crippen LogP contribution in [0.1, 0.15) is 69.5 Å². The average Bonchev–Trinajstić information content (AvgIpc) is 2.96. The van der Waals surface area contributed by atoms with Crippen molar-refractivity contribution in [1.29, 1.82) is 0 Å². The van der Waals surface area contributed by atoms with E-state index >= 15 is 0 Å². The van der Waals surface area contributed by atoms with Crippen LogP contribution in [0.25, 0.3) is 0 Å². The van der Waals surface area contributed by atoms with E-state index in [0.717, 1.165) is 12.2 Å². The molecule has 2 N–H and O–H groups in total. The Morgan fingerprint density at radius 2 is 2.12 bits per heavy atom. The Hall–Kier alpha value is -0.900. The van der Waals surface area contributed by atoms with Crippen LogP contribution in [0.15, 0.2) is 4.52 Å². The first-order valence-corrected chi connectivity index (χ1v) is 6.31. The molecule has 0 bridgehead atoms. The van der Waals surface area contributed by atoms with E-state index in [2.05, 4.69) is 24.0 Å². The van der Waals surface area contributed by atoms with Gasteiger partial charge >= 0.3 is 0 Å². The van der Waals surface area contributed by atoms with Crippen molar-refractivity contribution in [2.45, 2.75) is 63.8 Å². The third-order valence-corrected chi connectivity index (χ3v) is 3.68. The number of aromatic nitrogens is 2. The molecular weight excluding hydrogens is 202 g/mol. The molecule has 0 aliphatic heterocycles. The van der Waals surface area contributed by atoms with Crippen molar-refractivity contribution in [2.24, 2.45) is 5.73 Å². The van der Waals surface area contributed by atoms with Crippen LogP contribution in [0.3, 0.4) is 0 Å². The van der Waals surface area contributed by atoms with Crippen LogP contribution in [-0.2, 0) is 0 Å². The average molecular weight is 223 g/mol. The van der Waals surface area contributed by atoms with Crippen LogP contribution in [0.5, 0.6) is 0 Å². The maximum atomic E-state index is 5.98. The number of hydrogen-bond donors (Lipinski definition) is 1.